The van der Waals surface area contributed by atoms with E-state index in [1.54, 1.807) is 0 Å². The van der Waals surface area contributed by atoms with Gasteiger partial charge in [0.2, 0.25) is 0 Å². The van der Waals surface area contributed by atoms with E-state index in [1.165, 1.54) is 11.1 Å². The van der Waals surface area contributed by atoms with Crippen LogP contribution in [0.15, 0.2) is 24.3 Å². The molecule has 0 unspecified atom stereocenters. The molecule has 0 spiro atoms. The summed E-state index contributed by atoms with van der Waals surface area (Å²) in [5.41, 5.74) is 2.69. The Hall–Kier alpha value is -1.47. The number of carboxylic acid groups (broad SMARTS) is 1. The lowest BCUT2D eigenvalue weighted by molar-refractivity contribution is -0.139. The first-order chi connectivity index (χ1) is 13.6. The average molecular weight is 406 g/mol. The summed E-state index contributed by atoms with van der Waals surface area (Å²) in [6.07, 6.45) is 0.831. The van der Waals surface area contributed by atoms with Gasteiger partial charge in [0.1, 0.15) is 0 Å². The van der Waals surface area contributed by atoms with E-state index in [0.717, 1.165) is 32.6 Å². The van der Waals surface area contributed by atoms with Gasteiger partial charge in [-0.25, -0.2) is 0 Å². The van der Waals surface area contributed by atoms with Crippen LogP contribution in [0.4, 0.5) is 0 Å². The lowest BCUT2D eigenvalue weighted by atomic mass is 9.86. The highest BCUT2D eigenvalue weighted by Crippen LogP contribution is 2.23. The molecule has 0 aromatic heterocycles. The summed E-state index contributed by atoms with van der Waals surface area (Å²) in [4.78, 5) is 18.2. The van der Waals surface area contributed by atoms with Crippen molar-refractivity contribution >= 4 is 5.97 Å². The van der Waals surface area contributed by atoms with E-state index < -0.39 is 5.97 Å². The van der Waals surface area contributed by atoms with E-state index in [1.807, 2.05) is 0 Å². The number of carbonyl (C=O) groups is 1. The maximum absolute atomic E-state index is 11.5. The Bertz CT molecular complexity index is 627. The highest BCUT2D eigenvalue weighted by molar-refractivity contribution is 5.69. The molecule has 1 fully saturated rings. The average Bonchev–Trinajstić information content (AvgIpc) is 2.63. The van der Waals surface area contributed by atoms with Crippen LogP contribution in [0, 0.1) is 0 Å². The van der Waals surface area contributed by atoms with Gasteiger partial charge in [0.05, 0.1) is 19.8 Å². The smallest absolute Gasteiger partial charge is 0.317 e. The van der Waals surface area contributed by atoms with Crippen molar-refractivity contribution in [3.8, 4) is 0 Å². The Balaban J connectivity index is 2.17. The molecule has 6 heteroatoms. The topological polar surface area (TPSA) is 56.3 Å². The Labute approximate surface area is 176 Å². The highest BCUT2D eigenvalue weighted by atomic mass is 16.5. The second-order valence-corrected chi connectivity index (χ2v) is 9.35. The van der Waals surface area contributed by atoms with E-state index in [2.05, 4.69) is 73.8 Å². The van der Waals surface area contributed by atoms with Crippen molar-refractivity contribution in [2.24, 2.45) is 0 Å². The van der Waals surface area contributed by atoms with Gasteiger partial charge in [-0.2, -0.15) is 0 Å². The number of aliphatic carboxylic acids is 1. The SMILES string of the molecule is CN1CCOCCN(CC(=O)O)[C@@H](Cc2ccc(C(C)(C)C)cc2)CN(C)CC1. The van der Waals surface area contributed by atoms with Crippen molar-refractivity contribution in [2.75, 3.05) is 66.6 Å². The van der Waals surface area contributed by atoms with E-state index in [4.69, 9.17) is 4.74 Å². The lowest BCUT2D eigenvalue weighted by Crippen LogP contribution is -2.49. The Morgan fingerprint density at radius 1 is 1.03 bits per heavy atom. The van der Waals surface area contributed by atoms with E-state index in [-0.39, 0.29) is 18.0 Å². The summed E-state index contributed by atoms with van der Waals surface area (Å²) in [6, 6.07) is 8.92. The number of likely N-dealkylation sites (N-methyl/N-ethyl adjacent to an activating group) is 2. The van der Waals surface area contributed by atoms with Crippen LogP contribution in [0.2, 0.25) is 0 Å². The van der Waals surface area contributed by atoms with Crippen LogP contribution in [0.3, 0.4) is 0 Å². The molecule has 164 valence electrons. The fraction of sp³-hybridized carbons (Fsp3) is 0.696. The zero-order valence-corrected chi connectivity index (χ0v) is 18.9. The Morgan fingerprint density at radius 3 is 2.28 bits per heavy atom. The summed E-state index contributed by atoms with van der Waals surface area (Å²) >= 11 is 0. The zero-order valence-electron chi connectivity index (χ0n) is 18.9. The first kappa shape index (κ1) is 23.8. The Kier molecular flexibility index (Phi) is 9.08. The van der Waals surface area contributed by atoms with Gasteiger partial charge >= 0.3 is 5.97 Å². The monoisotopic (exact) mass is 405 g/mol. The predicted octanol–water partition coefficient (Wildman–Crippen LogP) is 2.18. The number of benzene rings is 1. The van der Waals surface area contributed by atoms with Crippen LogP contribution >= 0.6 is 0 Å². The van der Waals surface area contributed by atoms with Crippen LogP contribution in [0.25, 0.3) is 0 Å². The van der Waals surface area contributed by atoms with Gasteiger partial charge in [0.25, 0.3) is 0 Å². The number of nitrogens with zero attached hydrogens (tertiary/aromatic N) is 3. The molecule has 1 aromatic carbocycles. The minimum atomic E-state index is -0.785. The number of hydrogen-bond acceptors (Lipinski definition) is 5. The van der Waals surface area contributed by atoms with Crippen molar-refractivity contribution in [1.29, 1.82) is 0 Å². The van der Waals surface area contributed by atoms with Gasteiger partial charge in [-0.05, 0) is 37.1 Å². The zero-order chi connectivity index (χ0) is 21.4. The van der Waals surface area contributed by atoms with Gasteiger partial charge in [0, 0.05) is 38.8 Å². The molecule has 0 radical (unpaired) electrons. The second kappa shape index (κ2) is 11.1. The van der Waals surface area contributed by atoms with Gasteiger partial charge in [-0.1, -0.05) is 45.0 Å². The highest BCUT2D eigenvalue weighted by Gasteiger charge is 2.24. The van der Waals surface area contributed by atoms with Crippen molar-refractivity contribution in [1.82, 2.24) is 14.7 Å². The molecule has 1 aliphatic heterocycles. The molecule has 1 aromatic rings. The Morgan fingerprint density at radius 2 is 1.66 bits per heavy atom. The van der Waals surface area contributed by atoms with E-state index >= 15 is 0 Å². The van der Waals surface area contributed by atoms with Crippen molar-refractivity contribution in [2.45, 2.75) is 38.6 Å². The molecular formula is C23H39N3O3. The van der Waals surface area contributed by atoms with Gasteiger partial charge in [0.15, 0.2) is 0 Å². The normalized spacial score (nSPS) is 22.0. The molecule has 0 aliphatic carbocycles. The van der Waals surface area contributed by atoms with Gasteiger partial charge < -0.3 is 19.6 Å². The number of carboxylic acids is 1. The van der Waals surface area contributed by atoms with Crippen molar-refractivity contribution < 1.29 is 14.6 Å². The molecule has 0 amide bonds. The minimum Gasteiger partial charge on any atom is -0.480 e. The third-order valence-electron chi connectivity index (χ3n) is 5.67. The minimum absolute atomic E-state index is 0.0435. The maximum Gasteiger partial charge on any atom is 0.317 e. The summed E-state index contributed by atoms with van der Waals surface area (Å²) in [5.74, 6) is -0.785. The lowest BCUT2D eigenvalue weighted by Gasteiger charge is -2.35. The maximum atomic E-state index is 11.5. The standard InChI is InChI=1S/C23H39N3O3/c1-23(2,3)20-8-6-19(7-9-20)16-21-17-25(5)11-10-24(4)12-14-29-15-13-26(21)18-22(27)28/h6-9,21H,10-18H2,1-5H3,(H,27,28)/t21-/m0/s1. The number of hydrogen-bond donors (Lipinski definition) is 1. The van der Waals surface area contributed by atoms with E-state index in [0.29, 0.717) is 19.8 Å². The summed E-state index contributed by atoms with van der Waals surface area (Å²) in [6.45, 7) is 12.2. The van der Waals surface area contributed by atoms with Crippen LogP contribution in [-0.2, 0) is 21.4 Å². The van der Waals surface area contributed by atoms with Crippen LogP contribution in [0.5, 0.6) is 0 Å². The van der Waals surface area contributed by atoms with Gasteiger partial charge in [-0.3, -0.25) is 9.69 Å². The third-order valence-corrected chi connectivity index (χ3v) is 5.67. The molecule has 1 atom stereocenters. The third kappa shape index (κ3) is 8.42. The summed E-state index contributed by atoms with van der Waals surface area (Å²) < 4.78 is 5.78. The summed E-state index contributed by atoms with van der Waals surface area (Å²) in [7, 11) is 4.25. The summed E-state index contributed by atoms with van der Waals surface area (Å²) in [5, 5.41) is 9.46. The van der Waals surface area contributed by atoms with Crippen LogP contribution < -0.4 is 0 Å². The molecule has 1 heterocycles. The van der Waals surface area contributed by atoms with Crippen molar-refractivity contribution in [3.63, 3.8) is 0 Å². The largest absolute Gasteiger partial charge is 0.480 e. The van der Waals surface area contributed by atoms with Gasteiger partial charge in [-0.15, -0.1) is 0 Å². The number of rotatable bonds is 4. The predicted molar refractivity (Wildman–Crippen MR) is 118 cm³/mol. The molecule has 1 N–H and O–H groups in total. The fourth-order valence-electron chi connectivity index (χ4n) is 3.70. The molecule has 2 rings (SSSR count). The first-order valence-corrected chi connectivity index (χ1v) is 10.7. The van der Waals surface area contributed by atoms with E-state index in [9.17, 15) is 9.90 Å². The molecular weight excluding hydrogens is 366 g/mol. The quantitative estimate of drug-likeness (QED) is 0.829. The molecule has 29 heavy (non-hydrogen) atoms. The first-order valence-electron chi connectivity index (χ1n) is 10.7. The molecule has 0 bridgehead atoms. The van der Waals surface area contributed by atoms with Crippen LogP contribution in [0.1, 0.15) is 31.9 Å². The molecule has 6 nitrogen and oxygen atoms in total. The number of ether oxygens (including phenoxy) is 1. The molecule has 1 saturated heterocycles. The second-order valence-electron chi connectivity index (χ2n) is 9.35. The molecule has 0 saturated carbocycles. The van der Waals surface area contributed by atoms with Crippen molar-refractivity contribution in [3.05, 3.63) is 35.4 Å². The fourth-order valence-corrected chi connectivity index (χ4v) is 3.70. The van der Waals surface area contributed by atoms with Crippen LogP contribution in [-0.4, -0.2) is 98.4 Å². The molecule has 1 aliphatic rings.